The molecule has 0 saturated carbocycles. The maximum Gasteiger partial charge on any atom is 0.174 e. The molecular weight excluding hydrogens is 244 g/mol. The van der Waals surface area contributed by atoms with Gasteiger partial charge < -0.3 is 10.1 Å². The molecule has 0 aliphatic carbocycles. The molecule has 1 unspecified atom stereocenters. The fourth-order valence-corrected chi connectivity index (χ4v) is 3.86. The largest absolute Gasteiger partial charge is 0.479 e. The molecule has 0 spiro atoms. The standard InChI is InChI=1S/C14H22N2OS/c1-10(2)16-6-4-12(9-16)17-14-7-11-8-15-5-3-13(11)18-14/h7,10,12,15H,3-6,8-9H2,1-2H3. The average molecular weight is 266 g/mol. The molecule has 1 saturated heterocycles. The molecule has 1 fully saturated rings. The van der Waals surface area contributed by atoms with Crippen molar-refractivity contribution in [2.75, 3.05) is 19.6 Å². The second-order valence-electron chi connectivity index (χ2n) is 5.56. The van der Waals surface area contributed by atoms with Crippen molar-refractivity contribution in [1.29, 1.82) is 0 Å². The first-order valence-corrected chi connectivity index (χ1v) is 7.77. The molecular formula is C14H22N2OS. The van der Waals surface area contributed by atoms with Gasteiger partial charge in [-0.05, 0) is 38.3 Å². The number of nitrogens with zero attached hydrogens (tertiary/aromatic N) is 1. The Balaban J connectivity index is 1.61. The highest BCUT2D eigenvalue weighted by molar-refractivity contribution is 7.14. The number of ether oxygens (including phenoxy) is 1. The van der Waals surface area contributed by atoms with E-state index in [2.05, 4.69) is 30.1 Å². The van der Waals surface area contributed by atoms with Crippen LogP contribution >= 0.6 is 11.3 Å². The van der Waals surface area contributed by atoms with E-state index < -0.39 is 0 Å². The summed E-state index contributed by atoms with van der Waals surface area (Å²) in [6.45, 7) is 8.90. The maximum atomic E-state index is 6.16. The summed E-state index contributed by atoms with van der Waals surface area (Å²) in [4.78, 5) is 4.02. The number of hydrogen-bond donors (Lipinski definition) is 1. The van der Waals surface area contributed by atoms with Crippen LogP contribution < -0.4 is 10.1 Å². The lowest BCUT2D eigenvalue weighted by atomic mass is 10.1. The average Bonchev–Trinajstić information content (AvgIpc) is 2.94. The maximum absolute atomic E-state index is 6.16. The molecule has 1 atom stereocenters. The van der Waals surface area contributed by atoms with E-state index in [0.29, 0.717) is 12.1 Å². The summed E-state index contributed by atoms with van der Waals surface area (Å²) in [5.41, 5.74) is 1.44. The highest BCUT2D eigenvalue weighted by Crippen LogP contribution is 2.33. The first-order valence-electron chi connectivity index (χ1n) is 6.95. The second kappa shape index (κ2) is 5.19. The molecule has 1 aromatic rings. The van der Waals surface area contributed by atoms with Crippen LogP contribution in [0.3, 0.4) is 0 Å². The van der Waals surface area contributed by atoms with E-state index >= 15 is 0 Å². The summed E-state index contributed by atoms with van der Waals surface area (Å²) < 4.78 is 6.16. The summed E-state index contributed by atoms with van der Waals surface area (Å²) >= 11 is 1.85. The summed E-state index contributed by atoms with van der Waals surface area (Å²) in [5.74, 6) is 0. The van der Waals surface area contributed by atoms with E-state index in [9.17, 15) is 0 Å². The molecule has 3 nitrogen and oxygen atoms in total. The number of thiophene rings is 1. The van der Waals surface area contributed by atoms with Crippen LogP contribution in [-0.4, -0.2) is 36.7 Å². The lowest BCUT2D eigenvalue weighted by Gasteiger charge is -2.20. The molecule has 3 heterocycles. The molecule has 0 aromatic carbocycles. The van der Waals surface area contributed by atoms with E-state index in [1.807, 2.05) is 11.3 Å². The third-order valence-corrected chi connectivity index (χ3v) is 5.04. The van der Waals surface area contributed by atoms with Gasteiger partial charge in [0, 0.05) is 37.1 Å². The van der Waals surface area contributed by atoms with Gasteiger partial charge in [-0.25, -0.2) is 0 Å². The Morgan fingerprint density at radius 2 is 2.39 bits per heavy atom. The SMILES string of the molecule is CC(C)N1CCC(Oc2cc3c(s2)CCNC3)C1. The van der Waals surface area contributed by atoms with Gasteiger partial charge in [-0.15, -0.1) is 11.3 Å². The lowest BCUT2D eigenvalue weighted by molar-refractivity contribution is 0.192. The quantitative estimate of drug-likeness (QED) is 0.908. The number of hydrogen-bond acceptors (Lipinski definition) is 4. The van der Waals surface area contributed by atoms with Crippen LogP contribution in [0.25, 0.3) is 0 Å². The van der Waals surface area contributed by atoms with Gasteiger partial charge in [0.05, 0.1) is 0 Å². The van der Waals surface area contributed by atoms with Crippen molar-refractivity contribution in [3.05, 3.63) is 16.5 Å². The van der Waals surface area contributed by atoms with Crippen LogP contribution in [0.4, 0.5) is 0 Å². The first-order chi connectivity index (χ1) is 8.72. The highest BCUT2D eigenvalue weighted by Gasteiger charge is 2.26. The number of likely N-dealkylation sites (tertiary alicyclic amines) is 1. The minimum absolute atomic E-state index is 0.389. The van der Waals surface area contributed by atoms with Gasteiger partial charge in [-0.1, -0.05) is 0 Å². The molecule has 1 aromatic heterocycles. The summed E-state index contributed by atoms with van der Waals surface area (Å²) in [6, 6.07) is 2.88. The zero-order valence-electron chi connectivity index (χ0n) is 11.2. The van der Waals surface area contributed by atoms with Gasteiger partial charge in [0.15, 0.2) is 5.06 Å². The Morgan fingerprint density at radius 1 is 1.50 bits per heavy atom. The van der Waals surface area contributed by atoms with Crippen molar-refractivity contribution in [3.63, 3.8) is 0 Å². The molecule has 4 heteroatoms. The van der Waals surface area contributed by atoms with E-state index in [1.54, 1.807) is 0 Å². The fraction of sp³-hybridized carbons (Fsp3) is 0.714. The Bertz CT molecular complexity index is 392. The van der Waals surface area contributed by atoms with E-state index in [4.69, 9.17) is 4.74 Å². The Kier molecular flexibility index (Phi) is 3.59. The van der Waals surface area contributed by atoms with Gasteiger partial charge in [0.1, 0.15) is 6.10 Å². The van der Waals surface area contributed by atoms with Crippen LogP contribution in [0.1, 0.15) is 30.7 Å². The number of nitrogens with one attached hydrogen (secondary N) is 1. The second-order valence-corrected chi connectivity index (χ2v) is 6.66. The van der Waals surface area contributed by atoms with Crippen molar-refractivity contribution in [2.24, 2.45) is 0 Å². The van der Waals surface area contributed by atoms with Crippen LogP contribution in [-0.2, 0) is 13.0 Å². The minimum atomic E-state index is 0.389. The van der Waals surface area contributed by atoms with Crippen LogP contribution in [0, 0.1) is 0 Å². The lowest BCUT2D eigenvalue weighted by Crippen LogP contribution is -2.30. The van der Waals surface area contributed by atoms with Crippen molar-refractivity contribution in [2.45, 2.75) is 45.4 Å². The van der Waals surface area contributed by atoms with Crippen LogP contribution in [0.2, 0.25) is 0 Å². The van der Waals surface area contributed by atoms with Crippen LogP contribution in [0.5, 0.6) is 5.06 Å². The van der Waals surface area contributed by atoms with Crippen molar-refractivity contribution < 1.29 is 4.74 Å². The summed E-state index contributed by atoms with van der Waals surface area (Å²) in [6.07, 6.45) is 2.71. The topological polar surface area (TPSA) is 24.5 Å². The molecule has 0 amide bonds. The first kappa shape index (κ1) is 12.5. The van der Waals surface area contributed by atoms with E-state index in [-0.39, 0.29) is 0 Å². The normalized spacial score (nSPS) is 24.5. The van der Waals surface area contributed by atoms with Gasteiger partial charge >= 0.3 is 0 Å². The molecule has 2 aliphatic heterocycles. The number of fused-ring (bicyclic) bond motifs is 1. The predicted octanol–water partition coefficient (Wildman–Crippen LogP) is 2.26. The van der Waals surface area contributed by atoms with Crippen molar-refractivity contribution in [3.8, 4) is 5.06 Å². The summed E-state index contributed by atoms with van der Waals surface area (Å²) in [5, 5.41) is 4.54. The summed E-state index contributed by atoms with van der Waals surface area (Å²) in [7, 11) is 0. The fourth-order valence-electron chi connectivity index (χ4n) is 2.77. The number of rotatable bonds is 3. The van der Waals surface area contributed by atoms with Crippen LogP contribution in [0.15, 0.2) is 6.07 Å². The van der Waals surface area contributed by atoms with Gasteiger partial charge in [-0.2, -0.15) is 0 Å². The molecule has 2 aliphatic rings. The zero-order valence-corrected chi connectivity index (χ0v) is 12.1. The smallest absolute Gasteiger partial charge is 0.174 e. The van der Waals surface area contributed by atoms with Gasteiger partial charge in [0.2, 0.25) is 0 Å². The molecule has 100 valence electrons. The Morgan fingerprint density at radius 3 is 3.11 bits per heavy atom. The molecule has 18 heavy (non-hydrogen) atoms. The van der Waals surface area contributed by atoms with Gasteiger partial charge in [0.25, 0.3) is 0 Å². The zero-order chi connectivity index (χ0) is 12.5. The van der Waals surface area contributed by atoms with E-state index in [0.717, 1.165) is 31.1 Å². The minimum Gasteiger partial charge on any atom is -0.479 e. The molecule has 0 bridgehead atoms. The Hall–Kier alpha value is -0.580. The van der Waals surface area contributed by atoms with E-state index in [1.165, 1.54) is 23.4 Å². The highest BCUT2D eigenvalue weighted by atomic mass is 32.1. The third kappa shape index (κ3) is 2.56. The molecule has 1 N–H and O–H groups in total. The Labute approximate surface area is 113 Å². The van der Waals surface area contributed by atoms with Gasteiger partial charge in [-0.3, -0.25) is 4.90 Å². The predicted molar refractivity (Wildman–Crippen MR) is 75.5 cm³/mol. The van der Waals surface area contributed by atoms with Crippen molar-refractivity contribution in [1.82, 2.24) is 10.2 Å². The monoisotopic (exact) mass is 266 g/mol. The molecule has 3 rings (SSSR count). The third-order valence-electron chi connectivity index (χ3n) is 3.91. The molecule has 0 radical (unpaired) electrons. The van der Waals surface area contributed by atoms with Crippen molar-refractivity contribution >= 4 is 11.3 Å².